The number of carbonyl (C=O) groups excluding carboxylic acids is 1. The van der Waals surface area contributed by atoms with E-state index in [1.807, 2.05) is 49.1 Å². The molecule has 0 unspecified atom stereocenters. The number of piperidine rings is 1. The zero-order chi connectivity index (χ0) is 17.1. The minimum absolute atomic E-state index is 0.0384. The molecule has 1 aliphatic heterocycles. The van der Waals surface area contributed by atoms with Crippen molar-refractivity contribution in [3.8, 4) is 5.88 Å². The Labute approximate surface area is 150 Å². The highest BCUT2D eigenvalue weighted by Gasteiger charge is 2.26. The van der Waals surface area contributed by atoms with E-state index in [1.54, 1.807) is 0 Å². The Bertz CT molecular complexity index is 731. The van der Waals surface area contributed by atoms with Gasteiger partial charge in [0.15, 0.2) is 0 Å². The standard InChI is InChI=1S/C18H20BrN3O2/c1-12-9-17(21-13(2)20-12)24-16-7-4-8-22(11-16)18(23)14-5-3-6-15(19)10-14/h3,5-6,9-10,16H,4,7-8,11H2,1-2H3/t16-/m0/s1. The van der Waals surface area contributed by atoms with Crippen molar-refractivity contribution < 1.29 is 9.53 Å². The Balaban J connectivity index is 1.69. The van der Waals surface area contributed by atoms with E-state index in [0.717, 1.165) is 29.6 Å². The first-order valence-corrected chi connectivity index (χ1v) is 8.84. The lowest BCUT2D eigenvalue weighted by Crippen LogP contribution is -2.44. The third-order valence-corrected chi connectivity index (χ3v) is 4.46. The molecule has 1 aliphatic rings. The van der Waals surface area contributed by atoms with Gasteiger partial charge in [-0.15, -0.1) is 0 Å². The average molecular weight is 390 g/mol. The monoisotopic (exact) mass is 389 g/mol. The van der Waals surface area contributed by atoms with Gasteiger partial charge in [-0.05, 0) is 44.9 Å². The van der Waals surface area contributed by atoms with Crippen molar-refractivity contribution in [1.29, 1.82) is 0 Å². The number of benzene rings is 1. The van der Waals surface area contributed by atoms with Crippen LogP contribution >= 0.6 is 15.9 Å². The number of amides is 1. The van der Waals surface area contributed by atoms with Crippen molar-refractivity contribution in [2.75, 3.05) is 13.1 Å². The predicted molar refractivity (Wildman–Crippen MR) is 95.2 cm³/mol. The molecule has 6 heteroatoms. The van der Waals surface area contributed by atoms with E-state index in [-0.39, 0.29) is 12.0 Å². The summed E-state index contributed by atoms with van der Waals surface area (Å²) in [5, 5.41) is 0. The van der Waals surface area contributed by atoms with Crippen molar-refractivity contribution in [2.45, 2.75) is 32.8 Å². The molecule has 1 saturated heterocycles. The molecule has 1 amide bonds. The third-order valence-electron chi connectivity index (χ3n) is 3.97. The highest BCUT2D eigenvalue weighted by molar-refractivity contribution is 9.10. The Morgan fingerprint density at radius 3 is 2.88 bits per heavy atom. The molecule has 0 bridgehead atoms. The van der Waals surface area contributed by atoms with E-state index in [2.05, 4.69) is 25.9 Å². The second-order valence-corrected chi connectivity index (χ2v) is 6.95. The van der Waals surface area contributed by atoms with Gasteiger partial charge < -0.3 is 9.64 Å². The molecular weight excluding hydrogens is 370 g/mol. The minimum Gasteiger partial charge on any atom is -0.472 e. The van der Waals surface area contributed by atoms with E-state index < -0.39 is 0 Å². The quantitative estimate of drug-likeness (QED) is 0.805. The van der Waals surface area contributed by atoms with Crippen LogP contribution in [0.15, 0.2) is 34.8 Å². The summed E-state index contributed by atoms with van der Waals surface area (Å²) >= 11 is 3.41. The second-order valence-electron chi connectivity index (χ2n) is 6.04. The van der Waals surface area contributed by atoms with Crippen LogP contribution < -0.4 is 4.74 Å². The minimum atomic E-state index is -0.0384. The lowest BCUT2D eigenvalue weighted by molar-refractivity contribution is 0.0526. The Morgan fingerprint density at radius 1 is 1.29 bits per heavy atom. The number of carbonyl (C=O) groups is 1. The zero-order valence-corrected chi connectivity index (χ0v) is 15.4. The fraction of sp³-hybridized carbons (Fsp3) is 0.389. The third kappa shape index (κ3) is 4.12. The summed E-state index contributed by atoms with van der Waals surface area (Å²) in [7, 11) is 0. The molecule has 24 heavy (non-hydrogen) atoms. The first-order valence-electron chi connectivity index (χ1n) is 8.05. The molecule has 0 spiro atoms. The topological polar surface area (TPSA) is 55.3 Å². The van der Waals surface area contributed by atoms with Crippen LogP contribution in [0, 0.1) is 13.8 Å². The van der Waals surface area contributed by atoms with Gasteiger partial charge in [0, 0.05) is 28.3 Å². The molecular formula is C18H20BrN3O2. The molecule has 1 atom stereocenters. The fourth-order valence-electron chi connectivity index (χ4n) is 2.94. The predicted octanol–water partition coefficient (Wildman–Crippen LogP) is 3.54. The number of ether oxygens (including phenoxy) is 1. The van der Waals surface area contributed by atoms with Crippen molar-refractivity contribution in [3.63, 3.8) is 0 Å². The number of hydrogen-bond donors (Lipinski definition) is 0. The summed E-state index contributed by atoms with van der Waals surface area (Å²) < 4.78 is 6.91. The smallest absolute Gasteiger partial charge is 0.254 e. The lowest BCUT2D eigenvalue weighted by Gasteiger charge is -2.32. The van der Waals surface area contributed by atoms with Gasteiger partial charge in [-0.25, -0.2) is 4.98 Å². The van der Waals surface area contributed by atoms with Crippen LogP contribution in [0.25, 0.3) is 0 Å². The van der Waals surface area contributed by atoms with E-state index >= 15 is 0 Å². The van der Waals surface area contributed by atoms with Crippen LogP contribution in [0.2, 0.25) is 0 Å². The Hall–Kier alpha value is -1.95. The number of halogens is 1. The number of rotatable bonds is 3. The number of likely N-dealkylation sites (tertiary alicyclic amines) is 1. The highest BCUT2D eigenvalue weighted by Crippen LogP contribution is 2.20. The lowest BCUT2D eigenvalue weighted by atomic mass is 10.1. The Morgan fingerprint density at radius 2 is 2.12 bits per heavy atom. The van der Waals surface area contributed by atoms with Crippen molar-refractivity contribution >= 4 is 21.8 Å². The maximum Gasteiger partial charge on any atom is 0.254 e. The number of aryl methyl sites for hydroxylation is 2. The summed E-state index contributed by atoms with van der Waals surface area (Å²) in [5.41, 5.74) is 1.58. The maximum atomic E-state index is 12.7. The van der Waals surface area contributed by atoms with Gasteiger partial charge in [0.05, 0.1) is 6.54 Å². The van der Waals surface area contributed by atoms with E-state index in [9.17, 15) is 4.79 Å². The second kappa shape index (κ2) is 7.30. The van der Waals surface area contributed by atoms with Crippen LogP contribution in [0.3, 0.4) is 0 Å². The largest absolute Gasteiger partial charge is 0.472 e. The molecule has 0 saturated carbocycles. The first-order chi connectivity index (χ1) is 11.5. The van der Waals surface area contributed by atoms with Gasteiger partial charge in [0.1, 0.15) is 11.9 Å². The summed E-state index contributed by atoms with van der Waals surface area (Å²) in [6.07, 6.45) is 1.81. The molecule has 0 aliphatic carbocycles. The summed E-state index contributed by atoms with van der Waals surface area (Å²) in [5.74, 6) is 1.32. The van der Waals surface area contributed by atoms with E-state index in [1.165, 1.54) is 0 Å². The maximum absolute atomic E-state index is 12.7. The SMILES string of the molecule is Cc1cc(O[C@H]2CCCN(C(=O)c3cccc(Br)c3)C2)nc(C)n1. The average Bonchev–Trinajstić information content (AvgIpc) is 2.53. The van der Waals surface area contributed by atoms with Crippen molar-refractivity contribution in [1.82, 2.24) is 14.9 Å². The van der Waals surface area contributed by atoms with Gasteiger partial charge >= 0.3 is 0 Å². The van der Waals surface area contributed by atoms with Crippen LogP contribution in [-0.4, -0.2) is 40.0 Å². The van der Waals surface area contributed by atoms with E-state index in [4.69, 9.17) is 4.74 Å². The normalized spacial score (nSPS) is 17.6. The zero-order valence-electron chi connectivity index (χ0n) is 13.8. The first kappa shape index (κ1) is 16.9. The summed E-state index contributed by atoms with van der Waals surface area (Å²) in [6.45, 7) is 5.11. The molecule has 2 heterocycles. The van der Waals surface area contributed by atoms with Crippen LogP contribution in [0.1, 0.15) is 34.7 Å². The van der Waals surface area contributed by atoms with Crippen LogP contribution in [0.5, 0.6) is 5.88 Å². The van der Waals surface area contributed by atoms with Crippen molar-refractivity contribution in [3.05, 3.63) is 51.9 Å². The number of hydrogen-bond acceptors (Lipinski definition) is 4. The van der Waals surface area contributed by atoms with E-state index in [0.29, 0.717) is 23.8 Å². The van der Waals surface area contributed by atoms with Gasteiger partial charge in [-0.1, -0.05) is 22.0 Å². The molecule has 126 valence electrons. The van der Waals surface area contributed by atoms with Crippen LogP contribution in [-0.2, 0) is 0 Å². The molecule has 0 radical (unpaired) electrons. The summed E-state index contributed by atoms with van der Waals surface area (Å²) in [6, 6.07) is 9.32. The Kier molecular flexibility index (Phi) is 5.14. The molecule has 2 aromatic rings. The fourth-order valence-corrected chi connectivity index (χ4v) is 3.34. The van der Waals surface area contributed by atoms with Gasteiger partial charge in [0.2, 0.25) is 5.88 Å². The molecule has 0 N–H and O–H groups in total. The van der Waals surface area contributed by atoms with Gasteiger partial charge in [-0.2, -0.15) is 4.98 Å². The van der Waals surface area contributed by atoms with Crippen LogP contribution in [0.4, 0.5) is 0 Å². The van der Waals surface area contributed by atoms with Gasteiger partial charge in [0.25, 0.3) is 5.91 Å². The van der Waals surface area contributed by atoms with Crippen molar-refractivity contribution in [2.24, 2.45) is 0 Å². The number of aromatic nitrogens is 2. The van der Waals surface area contributed by atoms with Gasteiger partial charge in [-0.3, -0.25) is 4.79 Å². The molecule has 1 aromatic carbocycles. The molecule has 3 rings (SSSR count). The molecule has 1 fully saturated rings. The highest BCUT2D eigenvalue weighted by atomic mass is 79.9. The summed E-state index contributed by atoms with van der Waals surface area (Å²) in [4.78, 5) is 23.1. The number of nitrogens with zero attached hydrogens (tertiary/aromatic N) is 3. The molecule has 1 aromatic heterocycles. The molecule has 5 nitrogen and oxygen atoms in total.